The number of carbonyl (C=O) groups is 1. The Kier molecular flexibility index (Phi) is 2.34. The van der Waals surface area contributed by atoms with Gasteiger partial charge in [-0.1, -0.05) is 18.7 Å². The van der Waals surface area contributed by atoms with Gasteiger partial charge in [0.1, 0.15) is 11.7 Å². The minimum Gasteiger partial charge on any atom is -0.458 e. The second-order valence-corrected chi connectivity index (χ2v) is 6.48. The van der Waals surface area contributed by atoms with Crippen LogP contribution in [0.25, 0.3) is 0 Å². The molecular formula is C15H18O5. The number of aliphatic hydroxyl groups excluding tert-OH is 2. The maximum absolute atomic E-state index is 11.8. The Morgan fingerprint density at radius 2 is 2.00 bits per heavy atom. The molecule has 0 unspecified atom stereocenters. The molecule has 2 aliphatic carbocycles. The number of ether oxygens (including phenoxy) is 2. The molecule has 5 heteroatoms. The number of esters is 1. The Balaban J connectivity index is 1.80. The third kappa shape index (κ3) is 1.35. The van der Waals surface area contributed by atoms with Crippen molar-refractivity contribution >= 4 is 5.97 Å². The van der Waals surface area contributed by atoms with E-state index >= 15 is 0 Å². The second-order valence-electron chi connectivity index (χ2n) is 6.48. The highest BCUT2D eigenvalue weighted by Crippen LogP contribution is 2.59. The van der Waals surface area contributed by atoms with Crippen molar-refractivity contribution in [3.05, 3.63) is 24.3 Å². The van der Waals surface area contributed by atoms with E-state index in [1.165, 1.54) is 0 Å². The maximum atomic E-state index is 11.8. The first-order valence-corrected chi connectivity index (χ1v) is 7.03. The molecule has 2 heterocycles. The van der Waals surface area contributed by atoms with Crippen LogP contribution in [0, 0.1) is 17.8 Å². The molecule has 2 aliphatic heterocycles. The summed E-state index contributed by atoms with van der Waals surface area (Å²) in [6.07, 6.45) is -0.749. The smallest absolute Gasteiger partial charge is 0.334 e. The van der Waals surface area contributed by atoms with Gasteiger partial charge < -0.3 is 19.7 Å². The molecule has 4 aliphatic rings. The third-order valence-electron chi connectivity index (χ3n) is 5.54. The minimum absolute atomic E-state index is 0.0239. The van der Waals surface area contributed by atoms with Crippen molar-refractivity contribution in [3.8, 4) is 0 Å². The van der Waals surface area contributed by atoms with Gasteiger partial charge in [-0.05, 0) is 18.8 Å². The van der Waals surface area contributed by atoms with Crippen LogP contribution in [0.2, 0.25) is 0 Å². The van der Waals surface area contributed by atoms with Crippen LogP contribution in [-0.4, -0.2) is 46.7 Å². The van der Waals surface area contributed by atoms with E-state index in [9.17, 15) is 15.0 Å². The molecule has 0 radical (unpaired) electrons. The fraction of sp³-hybridized carbons (Fsp3) is 0.667. The number of hydrogen-bond acceptors (Lipinski definition) is 5. The Morgan fingerprint density at radius 3 is 2.65 bits per heavy atom. The molecule has 0 bridgehead atoms. The van der Waals surface area contributed by atoms with Crippen molar-refractivity contribution in [1.29, 1.82) is 0 Å². The molecule has 2 saturated heterocycles. The van der Waals surface area contributed by atoms with Gasteiger partial charge in [0.2, 0.25) is 0 Å². The number of epoxide rings is 1. The summed E-state index contributed by atoms with van der Waals surface area (Å²) in [5.41, 5.74) is 0.617. The van der Waals surface area contributed by atoms with Crippen molar-refractivity contribution in [3.63, 3.8) is 0 Å². The monoisotopic (exact) mass is 278 g/mol. The summed E-state index contributed by atoms with van der Waals surface area (Å²) in [7, 11) is 0. The number of hydrogen-bond donors (Lipinski definition) is 2. The summed E-state index contributed by atoms with van der Waals surface area (Å²) in [6.45, 7) is 8.32. The summed E-state index contributed by atoms with van der Waals surface area (Å²) < 4.78 is 11.0. The minimum atomic E-state index is -0.704. The summed E-state index contributed by atoms with van der Waals surface area (Å²) >= 11 is 0. The predicted molar refractivity (Wildman–Crippen MR) is 68.6 cm³/mol. The van der Waals surface area contributed by atoms with Crippen molar-refractivity contribution in [2.75, 3.05) is 6.61 Å². The second kappa shape index (κ2) is 3.72. The van der Waals surface area contributed by atoms with Crippen LogP contribution in [0.4, 0.5) is 0 Å². The lowest BCUT2D eigenvalue weighted by Gasteiger charge is -2.29. The lowest BCUT2D eigenvalue weighted by atomic mass is 9.78. The van der Waals surface area contributed by atoms with Crippen molar-refractivity contribution in [2.45, 2.75) is 36.8 Å². The molecule has 0 amide bonds. The van der Waals surface area contributed by atoms with Crippen LogP contribution in [0.1, 0.15) is 12.8 Å². The summed E-state index contributed by atoms with van der Waals surface area (Å²) in [6, 6.07) is 0. The standard InChI is InChI=1S/C15H18O5/c1-6-3-9(16)11-7(2)14(18)20-13(11)12-8(6)4-10(17)15(12)5-19-15/h8-13,16-17H,1-5H2/t8-,9-,10-,11+,12-,13-,15+/m0/s1. The van der Waals surface area contributed by atoms with Crippen LogP contribution < -0.4 is 0 Å². The zero-order valence-electron chi connectivity index (χ0n) is 11.1. The largest absolute Gasteiger partial charge is 0.458 e. The first-order chi connectivity index (χ1) is 9.45. The van der Waals surface area contributed by atoms with Crippen LogP contribution in [0.5, 0.6) is 0 Å². The molecular weight excluding hydrogens is 260 g/mol. The zero-order chi connectivity index (χ0) is 14.2. The van der Waals surface area contributed by atoms with Gasteiger partial charge in [0.05, 0.1) is 24.7 Å². The Labute approximate surface area is 116 Å². The first kappa shape index (κ1) is 12.6. The van der Waals surface area contributed by atoms with Crippen LogP contribution in [0.15, 0.2) is 24.3 Å². The normalized spacial score (nSPS) is 53.6. The molecule has 2 N–H and O–H groups in total. The molecule has 4 rings (SSSR count). The third-order valence-corrected chi connectivity index (χ3v) is 5.54. The lowest BCUT2D eigenvalue weighted by Crippen LogP contribution is -2.42. The Bertz CT molecular complexity index is 520. The van der Waals surface area contributed by atoms with Gasteiger partial charge in [0, 0.05) is 11.5 Å². The quantitative estimate of drug-likeness (QED) is 0.286. The van der Waals surface area contributed by atoms with E-state index in [4.69, 9.17) is 9.47 Å². The van der Waals surface area contributed by atoms with Crippen molar-refractivity contribution in [1.82, 2.24) is 0 Å². The number of fused-ring (bicyclic) bond motifs is 4. The fourth-order valence-corrected chi connectivity index (χ4v) is 4.45. The van der Waals surface area contributed by atoms with E-state index in [0.29, 0.717) is 25.0 Å². The van der Waals surface area contributed by atoms with Gasteiger partial charge in [-0.2, -0.15) is 0 Å². The number of carbonyl (C=O) groups excluding carboxylic acids is 1. The number of rotatable bonds is 0. The van der Waals surface area contributed by atoms with Crippen LogP contribution in [0.3, 0.4) is 0 Å². The van der Waals surface area contributed by atoms with E-state index in [2.05, 4.69) is 13.2 Å². The van der Waals surface area contributed by atoms with Gasteiger partial charge in [0.15, 0.2) is 0 Å². The molecule has 5 nitrogen and oxygen atoms in total. The molecule has 0 aromatic heterocycles. The molecule has 20 heavy (non-hydrogen) atoms. The van der Waals surface area contributed by atoms with Gasteiger partial charge in [-0.15, -0.1) is 0 Å². The number of aliphatic hydroxyl groups is 2. The fourth-order valence-electron chi connectivity index (χ4n) is 4.45. The lowest BCUT2D eigenvalue weighted by molar-refractivity contribution is -0.143. The highest BCUT2D eigenvalue weighted by atomic mass is 16.6. The molecule has 4 fully saturated rings. The van der Waals surface area contributed by atoms with Gasteiger partial charge in [-0.3, -0.25) is 0 Å². The van der Waals surface area contributed by atoms with E-state index in [1.807, 2.05) is 0 Å². The summed E-state index contributed by atoms with van der Waals surface area (Å²) in [5, 5.41) is 20.7. The van der Waals surface area contributed by atoms with Crippen molar-refractivity contribution < 1.29 is 24.5 Å². The van der Waals surface area contributed by atoms with Crippen LogP contribution >= 0.6 is 0 Å². The molecule has 7 atom stereocenters. The summed E-state index contributed by atoms with van der Waals surface area (Å²) in [5.74, 6) is -0.964. The van der Waals surface area contributed by atoms with Crippen molar-refractivity contribution in [2.24, 2.45) is 17.8 Å². The first-order valence-electron chi connectivity index (χ1n) is 7.03. The van der Waals surface area contributed by atoms with Gasteiger partial charge in [0.25, 0.3) is 0 Å². The predicted octanol–water partition coefficient (Wildman–Crippen LogP) is 0.171. The highest BCUT2D eigenvalue weighted by Gasteiger charge is 2.70. The van der Waals surface area contributed by atoms with E-state index in [-0.39, 0.29) is 11.8 Å². The maximum Gasteiger partial charge on any atom is 0.334 e. The highest BCUT2D eigenvalue weighted by molar-refractivity contribution is 5.91. The average molecular weight is 278 g/mol. The summed E-state index contributed by atoms with van der Waals surface area (Å²) in [4.78, 5) is 11.8. The van der Waals surface area contributed by atoms with E-state index < -0.39 is 35.8 Å². The zero-order valence-corrected chi connectivity index (χ0v) is 11.1. The Hall–Kier alpha value is -1.17. The van der Waals surface area contributed by atoms with Crippen LogP contribution in [-0.2, 0) is 14.3 Å². The van der Waals surface area contributed by atoms with Gasteiger partial charge >= 0.3 is 5.97 Å². The van der Waals surface area contributed by atoms with E-state index in [1.54, 1.807) is 0 Å². The topological polar surface area (TPSA) is 79.3 Å². The molecule has 0 aromatic carbocycles. The molecule has 2 saturated carbocycles. The Morgan fingerprint density at radius 1 is 1.30 bits per heavy atom. The SMILES string of the molecule is C=C1C(=O)O[C@H]2[C@H]1[C@@H](O)CC(=C)[C@@H]1C[C@H](O)[C@]3(CO3)[C@H]21. The van der Waals surface area contributed by atoms with E-state index in [0.717, 1.165) is 5.57 Å². The molecule has 108 valence electrons. The average Bonchev–Trinajstić information content (AvgIpc) is 3.05. The van der Waals surface area contributed by atoms with Gasteiger partial charge in [-0.25, -0.2) is 4.79 Å². The molecule has 1 spiro atoms. The molecule has 0 aromatic rings.